The van der Waals surface area contributed by atoms with Crippen LogP contribution in [0.1, 0.15) is 69.1 Å². The number of para-hydroxylation sites is 1. The van der Waals surface area contributed by atoms with Gasteiger partial charge < -0.3 is 24.7 Å². The van der Waals surface area contributed by atoms with Crippen LogP contribution >= 0.6 is 24.0 Å². The molecule has 1 aromatic heterocycles. The molecule has 182 valence electrons. The number of aliphatic imine (C=N–C) groups is 1. The van der Waals surface area contributed by atoms with Gasteiger partial charge in [-0.3, -0.25) is 0 Å². The van der Waals surface area contributed by atoms with Crippen LogP contribution in [0.4, 0.5) is 0 Å². The number of rotatable bonds is 8. The number of ether oxygens (including phenoxy) is 2. The van der Waals surface area contributed by atoms with Gasteiger partial charge in [0.05, 0.1) is 26.3 Å². The zero-order valence-electron chi connectivity index (χ0n) is 19.8. The highest BCUT2D eigenvalue weighted by Gasteiger charge is 2.20. The summed E-state index contributed by atoms with van der Waals surface area (Å²) in [6.07, 6.45) is 9.59. The third kappa shape index (κ3) is 6.74. The Morgan fingerprint density at radius 1 is 1.12 bits per heavy atom. The average Bonchev–Trinajstić information content (AvgIpc) is 3.40. The second-order valence-corrected chi connectivity index (χ2v) is 8.52. The fourth-order valence-electron chi connectivity index (χ4n) is 4.50. The topological polar surface area (TPSA) is 85.6 Å². The van der Waals surface area contributed by atoms with Crippen LogP contribution in [-0.4, -0.2) is 40.5 Å². The number of aryl methyl sites for hydroxylation is 1. The van der Waals surface area contributed by atoms with Gasteiger partial charge in [0.15, 0.2) is 23.3 Å². The Balaban J connectivity index is 0.00000306. The molecule has 1 saturated carbocycles. The Morgan fingerprint density at radius 3 is 2.76 bits per heavy atom. The van der Waals surface area contributed by atoms with Crippen LogP contribution in [0.5, 0.6) is 11.5 Å². The van der Waals surface area contributed by atoms with E-state index >= 15 is 0 Å². The second kappa shape index (κ2) is 13.0. The van der Waals surface area contributed by atoms with E-state index in [0.717, 1.165) is 67.0 Å². The molecule has 0 unspecified atom stereocenters. The molecule has 8 nitrogen and oxygen atoms in total. The Bertz CT molecular complexity index is 910. The number of hydrogen-bond acceptors (Lipinski definition) is 5. The highest BCUT2D eigenvalue weighted by atomic mass is 127. The molecule has 4 rings (SSSR count). The maximum atomic E-state index is 6.36. The molecule has 0 radical (unpaired) electrons. The molecule has 1 aliphatic heterocycles. The Labute approximate surface area is 214 Å². The standard InChI is InChI=1S/C24H36N6O2.HI/c1-3-25-24(27-17-22-29-28-21-14-5-4-8-15-30(21)22)26-16-18-10-9-13-20(31-2)23(18)32-19-11-6-7-12-19;/h9-10,13,19H,3-8,11-12,14-17H2,1-2H3,(H2,25,26,27);1H. The number of nitrogens with zero attached hydrogens (tertiary/aromatic N) is 4. The maximum Gasteiger partial charge on any atom is 0.191 e. The highest BCUT2D eigenvalue weighted by molar-refractivity contribution is 14.0. The Morgan fingerprint density at radius 2 is 1.97 bits per heavy atom. The summed E-state index contributed by atoms with van der Waals surface area (Å²) < 4.78 is 14.2. The smallest absolute Gasteiger partial charge is 0.191 e. The molecular formula is C24H37IN6O2. The molecule has 2 N–H and O–H groups in total. The van der Waals surface area contributed by atoms with Crippen molar-refractivity contribution in [2.45, 2.75) is 84.0 Å². The monoisotopic (exact) mass is 568 g/mol. The van der Waals surface area contributed by atoms with Gasteiger partial charge >= 0.3 is 0 Å². The first-order valence-electron chi connectivity index (χ1n) is 12.0. The van der Waals surface area contributed by atoms with Crippen LogP contribution in [0.2, 0.25) is 0 Å². The third-order valence-corrected chi connectivity index (χ3v) is 6.22. The molecule has 2 aliphatic rings. The quantitative estimate of drug-likeness (QED) is 0.282. The van der Waals surface area contributed by atoms with Crippen molar-refractivity contribution in [1.82, 2.24) is 25.4 Å². The number of aromatic nitrogens is 3. The van der Waals surface area contributed by atoms with Gasteiger partial charge in [0.25, 0.3) is 0 Å². The number of nitrogens with one attached hydrogen (secondary N) is 2. The molecule has 2 heterocycles. The van der Waals surface area contributed by atoms with Gasteiger partial charge in [0.2, 0.25) is 0 Å². The number of hydrogen-bond donors (Lipinski definition) is 2. The van der Waals surface area contributed by atoms with Gasteiger partial charge in [-0.2, -0.15) is 0 Å². The van der Waals surface area contributed by atoms with Crippen LogP contribution < -0.4 is 20.1 Å². The third-order valence-electron chi connectivity index (χ3n) is 6.22. The van der Waals surface area contributed by atoms with E-state index in [9.17, 15) is 0 Å². The molecule has 33 heavy (non-hydrogen) atoms. The molecule has 0 spiro atoms. The number of halogens is 1. The lowest BCUT2D eigenvalue weighted by molar-refractivity contribution is 0.198. The lowest BCUT2D eigenvalue weighted by atomic mass is 10.1. The number of methoxy groups -OCH3 is 1. The first kappa shape index (κ1) is 25.6. The van der Waals surface area contributed by atoms with Gasteiger partial charge in [-0.15, -0.1) is 34.2 Å². The minimum Gasteiger partial charge on any atom is -0.493 e. The highest BCUT2D eigenvalue weighted by Crippen LogP contribution is 2.35. The predicted octanol–water partition coefficient (Wildman–Crippen LogP) is 4.21. The van der Waals surface area contributed by atoms with Crippen LogP contribution in [0.3, 0.4) is 0 Å². The van der Waals surface area contributed by atoms with Gasteiger partial charge in [-0.25, -0.2) is 4.99 Å². The summed E-state index contributed by atoms with van der Waals surface area (Å²) in [5.41, 5.74) is 1.03. The molecule has 9 heteroatoms. The molecule has 0 saturated heterocycles. The van der Waals surface area contributed by atoms with Gasteiger partial charge in [-0.1, -0.05) is 18.6 Å². The SMILES string of the molecule is CCNC(=NCc1cccc(OC)c1OC1CCCC1)NCc1nnc2n1CCCCC2.I. The lowest BCUT2D eigenvalue weighted by Gasteiger charge is -2.19. The summed E-state index contributed by atoms with van der Waals surface area (Å²) in [6, 6.07) is 6.02. The van der Waals surface area contributed by atoms with E-state index in [1.807, 2.05) is 12.1 Å². The van der Waals surface area contributed by atoms with Crippen molar-refractivity contribution >= 4 is 29.9 Å². The van der Waals surface area contributed by atoms with Crippen LogP contribution in [0.15, 0.2) is 23.2 Å². The molecule has 1 aromatic carbocycles. The van der Waals surface area contributed by atoms with Gasteiger partial charge in [0, 0.05) is 25.1 Å². The number of benzene rings is 1. The van der Waals surface area contributed by atoms with Crippen LogP contribution in [-0.2, 0) is 26.1 Å². The van der Waals surface area contributed by atoms with E-state index in [2.05, 4.69) is 38.4 Å². The largest absolute Gasteiger partial charge is 0.493 e. The van der Waals surface area contributed by atoms with Crippen molar-refractivity contribution in [2.75, 3.05) is 13.7 Å². The summed E-state index contributed by atoms with van der Waals surface area (Å²) in [4.78, 5) is 4.83. The lowest BCUT2D eigenvalue weighted by Crippen LogP contribution is -2.37. The first-order chi connectivity index (χ1) is 15.8. The summed E-state index contributed by atoms with van der Waals surface area (Å²) in [6.45, 7) is 4.96. The second-order valence-electron chi connectivity index (χ2n) is 8.52. The van der Waals surface area contributed by atoms with Gasteiger partial charge in [0.1, 0.15) is 5.82 Å². The molecule has 2 aromatic rings. The molecule has 0 bridgehead atoms. The summed E-state index contributed by atoms with van der Waals surface area (Å²) in [5, 5.41) is 15.6. The number of fused-ring (bicyclic) bond motifs is 1. The maximum absolute atomic E-state index is 6.36. The van der Waals surface area contributed by atoms with Crippen LogP contribution in [0, 0.1) is 0 Å². The average molecular weight is 569 g/mol. The normalized spacial score (nSPS) is 16.5. The fourth-order valence-corrected chi connectivity index (χ4v) is 4.50. The minimum absolute atomic E-state index is 0. The van der Waals surface area contributed by atoms with Crippen molar-refractivity contribution in [3.63, 3.8) is 0 Å². The molecule has 0 amide bonds. The predicted molar refractivity (Wildman–Crippen MR) is 141 cm³/mol. The molecule has 1 aliphatic carbocycles. The van der Waals surface area contributed by atoms with Crippen LogP contribution in [0.25, 0.3) is 0 Å². The van der Waals surface area contributed by atoms with Crippen molar-refractivity contribution in [1.29, 1.82) is 0 Å². The van der Waals surface area contributed by atoms with Gasteiger partial charge in [-0.05, 0) is 51.5 Å². The van der Waals surface area contributed by atoms with E-state index in [0.29, 0.717) is 13.1 Å². The minimum atomic E-state index is 0. The van der Waals surface area contributed by atoms with Crippen molar-refractivity contribution in [3.8, 4) is 11.5 Å². The molecule has 0 atom stereocenters. The molecular weight excluding hydrogens is 531 g/mol. The fraction of sp³-hybridized carbons (Fsp3) is 0.625. The summed E-state index contributed by atoms with van der Waals surface area (Å²) in [7, 11) is 1.69. The van der Waals surface area contributed by atoms with E-state index in [1.165, 1.54) is 32.1 Å². The summed E-state index contributed by atoms with van der Waals surface area (Å²) in [5.74, 6) is 4.43. The zero-order valence-corrected chi connectivity index (χ0v) is 22.1. The Hall–Kier alpha value is -2.04. The Kier molecular flexibility index (Phi) is 10.1. The summed E-state index contributed by atoms with van der Waals surface area (Å²) >= 11 is 0. The van der Waals surface area contributed by atoms with E-state index in [1.54, 1.807) is 7.11 Å². The van der Waals surface area contributed by atoms with E-state index in [-0.39, 0.29) is 30.1 Å². The van der Waals surface area contributed by atoms with Crippen molar-refractivity contribution < 1.29 is 9.47 Å². The zero-order chi connectivity index (χ0) is 22.2. The molecule has 1 fully saturated rings. The van der Waals surface area contributed by atoms with Crippen molar-refractivity contribution in [2.24, 2.45) is 4.99 Å². The van der Waals surface area contributed by atoms with E-state index < -0.39 is 0 Å². The van der Waals surface area contributed by atoms with Crippen molar-refractivity contribution in [3.05, 3.63) is 35.4 Å². The first-order valence-corrected chi connectivity index (χ1v) is 12.0. The number of guanidine groups is 1. The van der Waals surface area contributed by atoms with E-state index in [4.69, 9.17) is 14.5 Å².